The van der Waals surface area contributed by atoms with Crippen LogP contribution < -0.4 is 5.32 Å². The Balaban J connectivity index is 1.78. The molecule has 3 aromatic rings. The van der Waals surface area contributed by atoms with E-state index in [1.807, 2.05) is 19.1 Å². The second-order valence-corrected chi connectivity index (χ2v) is 5.41. The number of nitrogens with one attached hydrogen (secondary N) is 1. The maximum atomic E-state index is 9.40. The van der Waals surface area contributed by atoms with Crippen molar-refractivity contribution in [3.05, 3.63) is 64.8 Å². The number of anilines is 1. The zero-order chi connectivity index (χ0) is 14.8. The molecule has 0 amide bonds. The van der Waals surface area contributed by atoms with Crippen molar-refractivity contribution in [2.45, 2.75) is 13.5 Å². The van der Waals surface area contributed by atoms with Crippen LogP contribution in [0, 0.1) is 6.92 Å². The first-order valence-electron chi connectivity index (χ1n) is 6.70. The SMILES string of the molecule is Cc1ccc2cc(CNc3ccc(O)c(Cl)c3)ccc2n1. The number of phenols is 1. The van der Waals surface area contributed by atoms with E-state index < -0.39 is 0 Å². The summed E-state index contributed by atoms with van der Waals surface area (Å²) < 4.78 is 0. The molecule has 2 N–H and O–H groups in total. The third-order valence-corrected chi connectivity index (χ3v) is 3.64. The second kappa shape index (κ2) is 5.62. The third kappa shape index (κ3) is 3.09. The maximum absolute atomic E-state index is 9.40. The zero-order valence-electron chi connectivity index (χ0n) is 11.6. The molecule has 1 aromatic heterocycles. The van der Waals surface area contributed by atoms with Crippen LogP contribution in [0.2, 0.25) is 5.02 Å². The fourth-order valence-electron chi connectivity index (χ4n) is 2.21. The number of rotatable bonds is 3. The van der Waals surface area contributed by atoms with Crippen molar-refractivity contribution < 1.29 is 5.11 Å². The molecule has 0 radical (unpaired) electrons. The van der Waals surface area contributed by atoms with Crippen molar-refractivity contribution in [2.24, 2.45) is 0 Å². The van der Waals surface area contributed by atoms with Gasteiger partial charge < -0.3 is 10.4 Å². The van der Waals surface area contributed by atoms with Gasteiger partial charge in [0.1, 0.15) is 5.75 Å². The van der Waals surface area contributed by atoms with Gasteiger partial charge in [0.05, 0.1) is 10.5 Å². The molecule has 3 rings (SSSR count). The first-order chi connectivity index (χ1) is 10.1. The molecule has 0 aliphatic rings. The number of aromatic nitrogens is 1. The van der Waals surface area contributed by atoms with Gasteiger partial charge in [-0.2, -0.15) is 0 Å². The lowest BCUT2D eigenvalue weighted by Crippen LogP contribution is -1.99. The Labute approximate surface area is 128 Å². The minimum atomic E-state index is 0.0920. The van der Waals surface area contributed by atoms with E-state index in [4.69, 9.17) is 11.6 Å². The molecule has 0 atom stereocenters. The number of aromatic hydroxyl groups is 1. The highest BCUT2D eigenvalue weighted by Gasteiger charge is 2.01. The predicted octanol–water partition coefficient (Wildman–Crippen LogP) is 4.51. The fraction of sp³-hybridized carbons (Fsp3) is 0.118. The van der Waals surface area contributed by atoms with E-state index in [-0.39, 0.29) is 5.75 Å². The van der Waals surface area contributed by atoms with E-state index in [0.29, 0.717) is 11.6 Å². The van der Waals surface area contributed by atoms with E-state index in [1.165, 1.54) is 0 Å². The van der Waals surface area contributed by atoms with Gasteiger partial charge in [0, 0.05) is 23.3 Å². The van der Waals surface area contributed by atoms with Gasteiger partial charge in [0.15, 0.2) is 0 Å². The molecule has 0 saturated heterocycles. The van der Waals surface area contributed by atoms with Crippen molar-refractivity contribution in [3.8, 4) is 5.75 Å². The molecule has 0 bridgehead atoms. The summed E-state index contributed by atoms with van der Waals surface area (Å²) in [6, 6.07) is 15.4. The van der Waals surface area contributed by atoms with E-state index in [1.54, 1.807) is 18.2 Å². The van der Waals surface area contributed by atoms with Crippen LogP contribution >= 0.6 is 11.6 Å². The standard InChI is InChI=1S/C17H15ClN2O/c1-11-2-4-13-8-12(3-6-16(13)20-11)10-19-14-5-7-17(21)15(18)9-14/h2-9,19,21H,10H2,1H3. The molecule has 0 unspecified atom stereocenters. The highest BCUT2D eigenvalue weighted by Crippen LogP contribution is 2.26. The Kier molecular flexibility index (Phi) is 3.67. The molecule has 0 aliphatic heterocycles. The second-order valence-electron chi connectivity index (χ2n) is 5.00. The van der Waals surface area contributed by atoms with Crippen LogP contribution in [-0.2, 0) is 6.54 Å². The lowest BCUT2D eigenvalue weighted by molar-refractivity contribution is 0.475. The van der Waals surface area contributed by atoms with E-state index in [9.17, 15) is 5.11 Å². The molecular formula is C17H15ClN2O. The Bertz CT molecular complexity index is 802. The number of pyridine rings is 1. The fourth-order valence-corrected chi connectivity index (χ4v) is 2.39. The van der Waals surface area contributed by atoms with Crippen LogP contribution in [0.25, 0.3) is 10.9 Å². The topological polar surface area (TPSA) is 45.1 Å². The molecule has 0 saturated carbocycles. The van der Waals surface area contributed by atoms with E-state index in [2.05, 4.69) is 28.5 Å². The molecule has 0 spiro atoms. The number of hydrogen-bond acceptors (Lipinski definition) is 3. The average molecular weight is 299 g/mol. The first-order valence-corrected chi connectivity index (χ1v) is 7.08. The van der Waals surface area contributed by atoms with E-state index in [0.717, 1.165) is 27.8 Å². The Hall–Kier alpha value is -2.26. The van der Waals surface area contributed by atoms with Gasteiger partial charge in [0.2, 0.25) is 0 Å². The van der Waals surface area contributed by atoms with Crippen LogP contribution in [0.5, 0.6) is 5.75 Å². The summed E-state index contributed by atoms with van der Waals surface area (Å²) in [7, 11) is 0. The van der Waals surface area contributed by atoms with Crippen LogP contribution in [-0.4, -0.2) is 10.1 Å². The molecular weight excluding hydrogens is 284 g/mol. The normalized spacial score (nSPS) is 10.8. The van der Waals surface area contributed by atoms with Gasteiger partial charge >= 0.3 is 0 Å². The van der Waals surface area contributed by atoms with Crippen LogP contribution in [0.4, 0.5) is 5.69 Å². The van der Waals surface area contributed by atoms with Crippen molar-refractivity contribution in [2.75, 3.05) is 5.32 Å². The smallest absolute Gasteiger partial charge is 0.134 e. The summed E-state index contributed by atoms with van der Waals surface area (Å²) >= 11 is 5.89. The van der Waals surface area contributed by atoms with Gasteiger partial charge in [0.25, 0.3) is 0 Å². The molecule has 0 aliphatic carbocycles. The number of nitrogens with zero attached hydrogens (tertiary/aromatic N) is 1. The molecule has 4 heteroatoms. The highest BCUT2D eigenvalue weighted by atomic mass is 35.5. The van der Waals surface area contributed by atoms with Crippen LogP contribution in [0.15, 0.2) is 48.5 Å². The summed E-state index contributed by atoms with van der Waals surface area (Å²) in [4.78, 5) is 4.49. The van der Waals surface area contributed by atoms with Crippen molar-refractivity contribution in [1.82, 2.24) is 4.98 Å². The van der Waals surface area contributed by atoms with Gasteiger partial charge in [-0.1, -0.05) is 23.7 Å². The van der Waals surface area contributed by atoms with Crippen molar-refractivity contribution in [1.29, 1.82) is 0 Å². The Morgan fingerprint density at radius 3 is 2.76 bits per heavy atom. The summed E-state index contributed by atoms with van der Waals surface area (Å²) in [6.07, 6.45) is 0. The van der Waals surface area contributed by atoms with Gasteiger partial charge in [-0.05, 0) is 48.9 Å². The minimum absolute atomic E-state index is 0.0920. The van der Waals surface area contributed by atoms with Gasteiger partial charge in [-0.15, -0.1) is 0 Å². The predicted molar refractivity (Wildman–Crippen MR) is 86.9 cm³/mol. The monoisotopic (exact) mass is 298 g/mol. The molecule has 2 aromatic carbocycles. The number of halogens is 1. The third-order valence-electron chi connectivity index (χ3n) is 3.34. The number of phenolic OH excluding ortho intramolecular Hbond substituents is 1. The molecule has 21 heavy (non-hydrogen) atoms. The summed E-state index contributed by atoms with van der Waals surface area (Å²) in [5, 5.41) is 14.2. The van der Waals surface area contributed by atoms with Crippen molar-refractivity contribution >= 4 is 28.2 Å². The summed E-state index contributed by atoms with van der Waals surface area (Å²) in [6.45, 7) is 2.67. The number of aryl methyl sites for hydroxylation is 1. The average Bonchev–Trinajstić information content (AvgIpc) is 2.48. The largest absolute Gasteiger partial charge is 0.506 e. The lowest BCUT2D eigenvalue weighted by Gasteiger charge is -2.08. The summed E-state index contributed by atoms with van der Waals surface area (Å²) in [5.41, 5.74) is 4.07. The molecule has 106 valence electrons. The molecule has 1 heterocycles. The van der Waals surface area contributed by atoms with Crippen LogP contribution in [0.1, 0.15) is 11.3 Å². The van der Waals surface area contributed by atoms with Crippen LogP contribution in [0.3, 0.4) is 0 Å². The summed E-state index contributed by atoms with van der Waals surface area (Å²) in [5.74, 6) is 0.0920. The highest BCUT2D eigenvalue weighted by molar-refractivity contribution is 6.32. The number of hydrogen-bond donors (Lipinski definition) is 2. The number of benzene rings is 2. The Morgan fingerprint density at radius 2 is 1.95 bits per heavy atom. The van der Waals surface area contributed by atoms with E-state index >= 15 is 0 Å². The molecule has 0 fully saturated rings. The quantitative estimate of drug-likeness (QED) is 0.699. The Morgan fingerprint density at radius 1 is 1.10 bits per heavy atom. The van der Waals surface area contributed by atoms with Gasteiger partial charge in [-0.25, -0.2) is 0 Å². The number of fused-ring (bicyclic) bond motifs is 1. The molecule has 3 nitrogen and oxygen atoms in total. The zero-order valence-corrected chi connectivity index (χ0v) is 12.4. The van der Waals surface area contributed by atoms with Gasteiger partial charge in [-0.3, -0.25) is 4.98 Å². The maximum Gasteiger partial charge on any atom is 0.134 e. The van der Waals surface area contributed by atoms with Crippen molar-refractivity contribution in [3.63, 3.8) is 0 Å². The minimum Gasteiger partial charge on any atom is -0.506 e. The lowest BCUT2D eigenvalue weighted by atomic mass is 10.1. The first kappa shape index (κ1) is 13.7.